The maximum absolute atomic E-state index is 12.1. The van der Waals surface area contributed by atoms with Gasteiger partial charge in [0, 0.05) is 25.3 Å². The van der Waals surface area contributed by atoms with Crippen molar-refractivity contribution < 1.29 is 4.79 Å². The average molecular weight is 331 g/mol. The second-order valence-electron chi connectivity index (χ2n) is 5.77. The predicted molar refractivity (Wildman–Crippen MR) is 92.8 cm³/mol. The van der Waals surface area contributed by atoms with E-state index in [0.717, 1.165) is 25.9 Å². The van der Waals surface area contributed by atoms with Crippen molar-refractivity contribution in [3.63, 3.8) is 0 Å². The molecular formula is C16H21N5OS. The highest BCUT2D eigenvalue weighted by atomic mass is 32.1. The molecule has 122 valence electrons. The highest BCUT2D eigenvalue weighted by Crippen LogP contribution is 2.20. The molecule has 0 bridgehead atoms. The van der Waals surface area contributed by atoms with Crippen molar-refractivity contribution >= 4 is 28.1 Å². The number of likely N-dealkylation sites (N-methyl/N-ethyl adjacent to an activating group) is 1. The Morgan fingerprint density at radius 2 is 2.26 bits per heavy atom. The number of anilines is 2. The number of benzene rings is 1. The van der Waals surface area contributed by atoms with Gasteiger partial charge >= 0.3 is 0 Å². The van der Waals surface area contributed by atoms with Crippen LogP contribution in [0, 0.1) is 0 Å². The monoisotopic (exact) mass is 331 g/mol. The predicted octanol–water partition coefficient (Wildman–Crippen LogP) is 2.08. The van der Waals surface area contributed by atoms with Crippen molar-refractivity contribution in [3.8, 4) is 0 Å². The van der Waals surface area contributed by atoms with Gasteiger partial charge < -0.3 is 4.90 Å². The number of para-hydroxylation sites is 1. The van der Waals surface area contributed by atoms with Gasteiger partial charge in [0.25, 0.3) is 0 Å². The number of aromatic nitrogens is 2. The van der Waals surface area contributed by atoms with Crippen LogP contribution in [0.25, 0.3) is 0 Å². The molecule has 2 heterocycles. The molecule has 23 heavy (non-hydrogen) atoms. The largest absolute Gasteiger partial charge is 0.373 e. The first-order valence-electron chi connectivity index (χ1n) is 7.78. The molecule has 1 aliphatic rings. The fourth-order valence-corrected chi connectivity index (χ4v) is 3.45. The molecule has 1 N–H and O–H groups in total. The van der Waals surface area contributed by atoms with Crippen LogP contribution in [0.5, 0.6) is 0 Å². The average Bonchev–Trinajstić information content (AvgIpc) is 3.21. The maximum atomic E-state index is 12.1. The van der Waals surface area contributed by atoms with E-state index >= 15 is 0 Å². The quantitative estimate of drug-likeness (QED) is 0.878. The van der Waals surface area contributed by atoms with Crippen LogP contribution < -0.4 is 10.2 Å². The molecule has 3 rings (SSSR count). The third-order valence-electron chi connectivity index (χ3n) is 4.13. The third-order valence-corrected chi connectivity index (χ3v) is 4.74. The topological polar surface area (TPSA) is 61.4 Å². The van der Waals surface area contributed by atoms with Gasteiger partial charge in [0.1, 0.15) is 5.51 Å². The van der Waals surface area contributed by atoms with Crippen LogP contribution >= 0.6 is 11.3 Å². The van der Waals surface area contributed by atoms with Gasteiger partial charge in [-0.15, -0.1) is 10.2 Å². The summed E-state index contributed by atoms with van der Waals surface area (Å²) in [6, 6.07) is 10.8. The number of hydrogen-bond acceptors (Lipinski definition) is 6. The highest BCUT2D eigenvalue weighted by Gasteiger charge is 2.27. The van der Waals surface area contributed by atoms with E-state index in [1.54, 1.807) is 5.51 Å². The summed E-state index contributed by atoms with van der Waals surface area (Å²) in [4.78, 5) is 16.7. The van der Waals surface area contributed by atoms with Gasteiger partial charge in [-0.2, -0.15) is 0 Å². The fraction of sp³-hybridized carbons (Fsp3) is 0.438. The van der Waals surface area contributed by atoms with E-state index in [-0.39, 0.29) is 5.91 Å². The van der Waals surface area contributed by atoms with Gasteiger partial charge in [0.2, 0.25) is 11.0 Å². The summed E-state index contributed by atoms with van der Waals surface area (Å²) >= 11 is 1.34. The van der Waals surface area contributed by atoms with Crippen LogP contribution in [0.15, 0.2) is 35.8 Å². The van der Waals surface area contributed by atoms with E-state index in [0.29, 0.717) is 17.7 Å². The summed E-state index contributed by atoms with van der Waals surface area (Å²) in [6.45, 7) is 2.31. The van der Waals surface area contributed by atoms with Crippen molar-refractivity contribution in [1.82, 2.24) is 15.1 Å². The highest BCUT2D eigenvalue weighted by molar-refractivity contribution is 7.13. The summed E-state index contributed by atoms with van der Waals surface area (Å²) in [6.07, 6.45) is 2.27. The van der Waals surface area contributed by atoms with E-state index in [2.05, 4.69) is 44.5 Å². The minimum absolute atomic E-state index is 0.0176. The lowest BCUT2D eigenvalue weighted by Gasteiger charge is -2.29. The molecule has 0 saturated carbocycles. The number of amides is 1. The normalized spacial score (nSPS) is 18.0. The van der Waals surface area contributed by atoms with Gasteiger partial charge in [0.15, 0.2) is 0 Å². The Labute approximate surface area is 140 Å². The van der Waals surface area contributed by atoms with E-state index in [9.17, 15) is 4.79 Å². The lowest BCUT2D eigenvalue weighted by atomic mass is 10.2. The van der Waals surface area contributed by atoms with Crippen molar-refractivity contribution in [2.45, 2.75) is 18.9 Å². The lowest BCUT2D eigenvalue weighted by molar-refractivity contribution is -0.117. The summed E-state index contributed by atoms with van der Waals surface area (Å²) in [5, 5.41) is 10.9. The zero-order chi connectivity index (χ0) is 16.1. The zero-order valence-electron chi connectivity index (χ0n) is 13.2. The molecule has 7 heteroatoms. The van der Waals surface area contributed by atoms with Crippen LogP contribution in [0.4, 0.5) is 10.8 Å². The Morgan fingerprint density at radius 1 is 1.43 bits per heavy atom. The first-order chi connectivity index (χ1) is 11.2. The molecule has 1 aromatic carbocycles. The smallest absolute Gasteiger partial charge is 0.240 e. The van der Waals surface area contributed by atoms with Crippen molar-refractivity contribution in [3.05, 3.63) is 35.8 Å². The SMILES string of the molecule is CN(C[C@@H]1CCCN1CC(=O)Nc1nncs1)c1ccccc1. The second kappa shape index (κ2) is 7.52. The molecule has 1 aliphatic heterocycles. The van der Waals surface area contributed by atoms with Crippen molar-refractivity contribution in [2.75, 3.05) is 36.9 Å². The zero-order valence-corrected chi connectivity index (χ0v) is 14.0. The van der Waals surface area contributed by atoms with Crippen LogP contribution in [0.1, 0.15) is 12.8 Å². The summed E-state index contributed by atoms with van der Waals surface area (Å²) in [5.74, 6) is -0.0176. The summed E-state index contributed by atoms with van der Waals surface area (Å²) < 4.78 is 0. The molecular weight excluding hydrogens is 310 g/mol. The van der Waals surface area contributed by atoms with E-state index in [1.807, 2.05) is 18.2 Å². The minimum atomic E-state index is -0.0176. The number of nitrogens with zero attached hydrogens (tertiary/aromatic N) is 4. The molecule has 1 atom stereocenters. The number of hydrogen-bond donors (Lipinski definition) is 1. The summed E-state index contributed by atoms with van der Waals surface area (Å²) in [7, 11) is 2.10. The molecule has 6 nitrogen and oxygen atoms in total. The fourth-order valence-electron chi connectivity index (χ4n) is 2.98. The third kappa shape index (κ3) is 4.27. The Kier molecular flexibility index (Phi) is 5.19. The number of rotatable bonds is 6. The number of carbonyl (C=O) groups excluding carboxylic acids is 1. The Bertz CT molecular complexity index is 619. The molecule has 1 aromatic heterocycles. The van der Waals surface area contributed by atoms with Crippen LogP contribution in [0.2, 0.25) is 0 Å². The van der Waals surface area contributed by atoms with Gasteiger partial charge in [-0.3, -0.25) is 15.0 Å². The number of nitrogens with one attached hydrogen (secondary N) is 1. The van der Waals surface area contributed by atoms with Gasteiger partial charge in [0.05, 0.1) is 6.54 Å². The minimum Gasteiger partial charge on any atom is -0.373 e. The van der Waals surface area contributed by atoms with E-state index in [4.69, 9.17) is 0 Å². The van der Waals surface area contributed by atoms with Gasteiger partial charge in [-0.1, -0.05) is 29.5 Å². The first kappa shape index (κ1) is 15.9. The van der Waals surface area contributed by atoms with E-state index in [1.165, 1.54) is 17.0 Å². The molecule has 0 unspecified atom stereocenters. The first-order valence-corrected chi connectivity index (χ1v) is 8.66. The van der Waals surface area contributed by atoms with Gasteiger partial charge in [-0.25, -0.2) is 0 Å². The summed E-state index contributed by atoms with van der Waals surface area (Å²) in [5.41, 5.74) is 2.82. The standard InChI is InChI=1S/C16H21N5OS/c1-20(13-6-3-2-4-7-13)10-14-8-5-9-21(14)11-15(22)18-16-19-17-12-23-16/h2-4,6-7,12,14H,5,8-11H2,1H3,(H,18,19,22)/t14-/m0/s1. The number of carbonyl (C=O) groups is 1. The number of likely N-dealkylation sites (tertiary alicyclic amines) is 1. The molecule has 2 aromatic rings. The Balaban J connectivity index is 1.54. The molecule has 0 spiro atoms. The maximum Gasteiger partial charge on any atom is 0.240 e. The molecule has 1 amide bonds. The van der Waals surface area contributed by atoms with Crippen LogP contribution in [0.3, 0.4) is 0 Å². The Hall–Kier alpha value is -1.99. The van der Waals surface area contributed by atoms with Crippen LogP contribution in [-0.2, 0) is 4.79 Å². The molecule has 0 aliphatic carbocycles. The molecule has 0 radical (unpaired) electrons. The second-order valence-corrected chi connectivity index (χ2v) is 6.61. The van der Waals surface area contributed by atoms with Crippen molar-refractivity contribution in [1.29, 1.82) is 0 Å². The lowest BCUT2D eigenvalue weighted by Crippen LogP contribution is -2.42. The molecule has 1 fully saturated rings. The van der Waals surface area contributed by atoms with E-state index < -0.39 is 0 Å². The van der Waals surface area contributed by atoms with Crippen molar-refractivity contribution in [2.24, 2.45) is 0 Å². The van der Waals surface area contributed by atoms with Gasteiger partial charge in [-0.05, 0) is 31.5 Å². The van der Waals surface area contributed by atoms with Crippen LogP contribution in [-0.4, -0.2) is 53.7 Å². The molecule has 1 saturated heterocycles. The Morgan fingerprint density at radius 3 is 3.00 bits per heavy atom.